The highest BCUT2D eigenvalue weighted by Gasteiger charge is 2.36. The predicted octanol–water partition coefficient (Wildman–Crippen LogP) is 8.08. The zero-order chi connectivity index (χ0) is 46.5. The number of nitrogens with two attached hydrogens (primary N) is 2. The van der Waals surface area contributed by atoms with Crippen molar-refractivity contribution in [2.45, 2.75) is 51.3 Å². The standard InChI is InChI=1S/C22H26ClN5O3.C20H20ClN5O2.C3H4O2/c1-22(2,3)31-21(29)27-10-9-15(11-27)28-19-17(18(24)25-12-26-19)16(20(28)30-4)13-5-7-14(23)8-6-13;1-3-15(27)25-9-8-14(10-25)26-19-17(18(22)23-11-24-19)16(20(26)28-2)12-4-6-13(21)7-5-12;1-2-3(4)5/h5-8,12,15H,9-11H2,1-4H3,(H2,24,25,26);3-7,11,14H,1,8-10H2,2H3,(H2,22,23,24);2H,1H2,(H,4,5)/t15-;14-;/m11./s1. The minimum Gasteiger partial charge on any atom is -0.482 e. The van der Waals surface area contributed by atoms with E-state index in [1.54, 1.807) is 24.0 Å². The number of carboxylic acids is 1. The topological polar surface area (TPSA) is 219 Å². The number of likely N-dealkylation sites (tertiary alicyclic amines) is 2. The lowest BCUT2D eigenvalue weighted by molar-refractivity contribution is -0.131. The van der Waals surface area contributed by atoms with Gasteiger partial charge in [-0.15, -0.1) is 0 Å². The van der Waals surface area contributed by atoms with Gasteiger partial charge < -0.3 is 40.6 Å². The third-order valence-electron chi connectivity index (χ3n) is 10.6. The van der Waals surface area contributed by atoms with Crippen molar-refractivity contribution in [3.05, 3.63) is 96.5 Å². The molecule has 2 aliphatic heterocycles. The molecule has 17 nitrogen and oxygen atoms in total. The Morgan fingerprint density at radius 3 is 1.50 bits per heavy atom. The number of carbonyl (C=O) groups excluding carboxylic acids is 2. The van der Waals surface area contributed by atoms with E-state index in [-0.39, 0.29) is 24.1 Å². The predicted molar refractivity (Wildman–Crippen MR) is 248 cm³/mol. The molecule has 6 heterocycles. The molecule has 4 aromatic heterocycles. The summed E-state index contributed by atoms with van der Waals surface area (Å²) >= 11 is 12.1. The first-order valence-corrected chi connectivity index (χ1v) is 20.9. The van der Waals surface area contributed by atoms with Gasteiger partial charge in [0.15, 0.2) is 0 Å². The SMILES string of the molecule is C=CC(=O)N1CC[C@@H](n2c(OC)c(-c3ccc(Cl)cc3)c3c(N)ncnc32)C1.C=CC(=O)O.COc1c(-c2ccc(Cl)cc2)c2c(N)ncnc2n1[C@@H]1CCN(C(=O)OC(C)(C)C)C1. The van der Waals surface area contributed by atoms with Crippen molar-refractivity contribution in [3.63, 3.8) is 0 Å². The lowest BCUT2D eigenvalue weighted by atomic mass is 10.1. The van der Waals surface area contributed by atoms with Crippen molar-refractivity contribution in [2.24, 2.45) is 0 Å². The number of rotatable bonds is 8. The number of ether oxygens (including phenoxy) is 3. The van der Waals surface area contributed by atoms with Crippen LogP contribution in [0.1, 0.15) is 45.7 Å². The van der Waals surface area contributed by atoms with E-state index in [9.17, 15) is 14.4 Å². The summed E-state index contributed by atoms with van der Waals surface area (Å²) in [6, 6.07) is 14.9. The Labute approximate surface area is 379 Å². The molecular formula is C45H50Cl2N10O7. The highest BCUT2D eigenvalue weighted by Crippen LogP contribution is 2.46. The van der Waals surface area contributed by atoms with E-state index >= 15 is 0 Å². The molecular weight excluding hydrogens is 863 g/mol. The van der Waals surface area contributed by atoms with Crippen LogP contribution in [0.2, 0.25) is 10.0 Å². The van der Waals surface area contributed by atoms with Gasteiger partial charge in [-0.25, -0.2) is 29.5 Å². The Morgan fingerprint density at radius 1 is 0.719 bits per heavy atom. The normalized spacial score (nSPS) is 15.8. The lowest BCUT2D eigenvalue weighted by Gasteiger charge is -2.24. The fourth-order valence-electron chi connectivity index (χ4n) is 7.84. The molecule has 336 valence electrons. The molecule has 0 saturated carbocycles. The van der Waals surface area contributed by atoms with Gasteiger partial charge in [-0.05, 0) is 75.1 Å². The largest absolute Gasteiger partial charge is 0.482 e. The van der Waals surface area contributed by atoms with Crippen LogP contribution >= 0.6 is 23.2 Å². The van der Waals surface area contributed by atoms with E-state index in [0.717, 1.165) is 51.9 Å². The summed E-state index contributed by atoms with van der Waals surface area (Å²) in [5.41, 5.74) is 16.8. The third kappa shape index (κ3) is 9.85. The maximum atomic E-state index is 12.6. The number of hydrogen-bond acceptors (Lipinski definition) is 12. The first-order chi connectivity index (χ1) is 30.5. The number of halogens is 2. The van der Waals surface area contributed by atoms with Crippen molar-refractivity contribution in [1.29, 1.82) is 0 Å². The number of nitrogen functional groups attached to an aromatic ring is 2. The molecule has 0 unspecified atom stereocenters. The molecule has 0 aliphatic carbocycles. The number of carbonyl (C=O) groups is 3. The number of fused-ring (bicyclic) bond motifs is 2. The monoisotopic (exact) mass is 912 g/mol. The zero-order valence-corrected chi connectivity index (χ0v) is 37.6. The van der Waals surface area contributed by atoms with Crippen LogP contribution in [0, 0.1) is 0 Å². The Hall–Kier alpha value is -6.85. The Morgan fingerprint density at radius 2 is 1.12 bits per heavy atom. The second kappa shape index (κ2) is 19.7. The first kappa shape index (κ1) is 46.6. The Bertz CT molecular complexity index is 2700. The fraction of sp³-hybridized carbons (Fsp3) is 0.311. The fourth-order valence-corrected chi connectivity index (χ4v) is 8.10. The van der Waals surface area contributed by atoms with Crippen LogP contribution in [-0.2, 0) is 14.3 Å². The molecule has 2 saturated heterocycles. The van der Waals surface area contributed by atoms with Crippen LogP contribution in [0.5, 0.6) is 11.8 Å². The number of aliphatic carboxylic acids is 1. The summed E-state index contributed by atoms with van der Waals surface area (Å²) < 4.78 is 21.3. The smallest absolute Gasteiger partial charge is 0.410 e. The average molecular weight is 914 g/mol. The molecule has 2 amide bonds. The van der Waals surface area contributed by atoms with Crippen LogP contribution in [0.15, 0.2) is 86.5 Å². The zero-order valence-electron chi connectivity index (χ0n) is 36.1. The maximum absolute atomic E-state index is 12.6. The van der Waals surface area contributed by atoms with Gasteiger partial charge in [-0.2, -0.15) is 0 Å². The molecule has 0 radical (unpaired) electrons. The van der Waals surface area contributed by atoms with Crippen molar-refractivity contribution in [3.8, 4) is 34.0 Å². The van der Waals surface area contributed by atoms with E-state index in [2.05, 4.69) is 33.1 Å². The van der Waals surface area contributed by atoms with Crippen LogP contribution in [0.3, 0.4) is 0 Å². The van der Waals surface area contributed by atoms with E-state index in [1.165, 1.54) is 18.7 Å². The van der Waals surface area contributed by atoms with Gasteiger partial charge in [0.25, 0.3) is 0 Å². The van der Waals surface area contributed by atoms with Crippen molar-refractivity contribution in [1.82, 2.24) is 38.9 Å². The van der Waals surface area contributed by atoms with Crippen LogP contribution < -0.4 is 20.9 Å². The van der Waals surface area contributed by atoms with Gasteiger partial charge in [-0.1, -0.05) is 60.6 Å². The number of anilines is 2. The number of benzene rings is 2. The molecule has 5 N–H and O–H groups in total. The molecule has 8 rings (SSSR count). The number of amides is 2. The van der Waals surface area contributed by atoms with Gasteiger partial charge in [-0.3, -0.25) is 13.9 Å². The third-order valence-corrected chi connectivity index (χ3v) is 11.1. The van der Waals surface area contributed by atoms with Crippen molar-refractivity contribution < 1.29 is 33.7 Å². The second-order valence-electron chi connectivity index (χ2n) is 15.8. The molecule has 2 atom stereocenters. The van der Waals surface area contributed by atoms with Gasteiger partial charge >= 0.3 is 12.1 Å². The molecule has 64 heavy (non-hydrogen) atoms. The summed E-state index contributed by atoms with van der Waals surface area (Å²) in [5, 5.41) is 10.3. The van der Waals surface area contributed by atoms with Crippen LogP contribution in [0.25, 0.3) is 44.3 Å². The summed E-state index contributed by atoms with van der Waals surface area (Å²) in [5.74, 6) is 0.955. The van der Waals surface area contributed by atoms with E-state index < -0.39 is 11.6 Å². The molecule has 0 bridgehead atoms. The summed E-state index contributed by atoms with van der Waals surface area (Å²) in [6.45, 7) is 14.4. The average Bonchev–Trinajstić information content (AvgIpc) is 4.08. The highest BCUT2D eigenvalue weighted by molar-refractivity contribution is 6.31. The van der Waals surface area contributed by atoms with Gasteiger partial charge in [0, 0.05) is 42.3 Å². The van der Waals surface area contributed by atoms with Gasteiger partial charge in [0.05, 0.1) is 48.2 Å². The highest BCUT2D eigenvalue weighted by atomic mass is 35.5. The van der Waals surface area contributed by atoms with Crippen molar-refractivity contribution in [2.75, 3.05) is 51.9 Å². The molecule has 0 spiro atoms. The number of nitrogens with zero attached hydrogens (tertiary/aromatic N) is 8. The number of methoxy groups -OCH3 is 2. The molecule has 2 aromatic carbocycles. The maximum Gasteiger partial charge on any atom is 0.410 e. The van der Waals surface area contributed by atoms with Crippen LogP contribution in [-0.4, -0.2) is 108 Å². The molecule has 2 fully saturated rings. The van der Waals surface area contributed by atoms with Crippen molar-refractivity contribution >= 4 is 74.9 Å². The quantitative estimate of drug-likeness (QED) is 0.123. The first-order valence-electron chi connectivity index (χ1n) is 20.1. The van der Waals surface area contributed by atoms with Gasteiger partial charge in [0.1, 0.15) is 41.2 Å². The second-order valence-corrected chi connectivity index (χ2v) is 16.7. The van der Waals surface area contributed by atoms with E-state index in [0.29, 0.717) is 70.9 Å². The van der Waals surface area contributed by atoms with E-state index in [1.807, 2.05) is 78.4 Å². The number of carboxylic acid groups (broad SMARTS) is 1. The molecule has 6 aromatic rings. The summed E-state index contributed by atoms with van der Waals surface area (Å²) in [7, 11) is 3.24. The van der Waals surface area contributed by atoms with Gasteiger partial charge in [0.2, 0.25) is 17.7 Å². The number of hydrogen-bond donors (Lipinski definition) is 3. The summed E-state index contributed by atoms with van der Waals surface area (Å²) in [6.07, 6.45) is 6.26. The minimum atomic E-state index is -0.981. The molecule has 19 heteroatoms. The lowest BCUT2D eigenvalue weighted by Crippen LogP contribution is -2.35. The minimum absolute atomic E-state index is 0.0108. The number of aromatic nitrogens is 6. The van der Waals surface area contributed by atoms with Crippen LogP contribution in [0.4, 0.5) is 16.4 Å². The Kier molecular flexibility index (Phi) is 14.3. The molecule has 2 aliphatic rings. The van der Waals surface area contributed by atoms with E-state index in [4.69, 9.17) is 54.0 Å². The summed E-state index contributed by atoms with van der Waals surface area (Å²) in [4.78, 5) is 54.7. The Balaban J connectivity index is 0.000000193.